The number of nitrogens with zero attached hydrogens (tertiary/aromatic N) is 1. The van der Waals surface area contributed by atoms with E-state index in [1.807, 2.05) is 41.4 Å². The summed E-state index contributed by atoms with van der Waals surface area (Å²) in [5.74, 6) is 0. The summed E-state index contributed by atoms with van der Waals surface area (Å²) in [5, 5.41) is 3.70. The molecule has 5 nitrogen and oxygen atoms in total. The Morgan fingerprint density at radius 2 is 1.58 bits per heavy atom. The summed E-state index contributed by atoms with van der Waals surface area (Å²) >= 11 is 18.7. The fraction of sp³-hybridized carbons (Fsp3) is 0.182. The maximum Gasteiger partial charge on any atom is 0.341 e. The van der Waals surface area contributed by atoms with Gasteiger partial charge in [-0.25, -0.2) is 0 Å². The predicted octanol–water partition coefficient (Wildman–Crippen LogP) is 3.09. The van der Waals surface area contributed by atoms with Crippen LogP contribution in [0.3, 0.4) is 0 Å². The summed E-state index contributed by atoms with van der Waals surface area (Å²) in [5.41, 5.74) is 2.00. The minimum atomic E-state index is -3.54. The van der Waals surface area contributed by atoms with Gasteiger partial charge in [0.15, 0.2) is 5.69 Å². The van der Waals surface area contributed by atoms with E-state index in [9.17, 15) is 8.42 Å². The van der Waals surface area contributed by atoms with Gasteiger partial charge < -0.3 is 0 Å². The van der Waals surface area contributed by atoms with E-state index in [1.165, 1.54) is 4.83 Å². The standard InChI is InChI=1S/C22H20Cl3N3O2S/c23-17-8-6-16(7-9-17)22-15-27(26-31(29,30)19-4-2-1-3-5-19)12-13-28(22)21-11-10-18(24)14-20(21)25/h1-11,14,22,26H,12-13,15H2/p+2. The molecule has 31 heavy (non-hydrogen) atoms. The average molecular weight is 499 g/mol. The van der Waals surface area contributed by atoms with Crippen molar-refractivity contribution in [3.8, 4) is 0 Å². The molecule has 0 bridgehead atoms. The number of nitrogens with two attached hydrogens (primary N) is 1. The first-order valence-electron chi connectivity index (χ1n) is 9.79. The van der Waals surface area contributed by atoms with E-state index < -0.39 is 10.0 Å². The minimum absolute atomic E-state index is 0.0353. The van der Waals surface area contributed by atoms with E-state index >= 15 is 0 Å². The molecular weight excluding hydrogens is 477 g/mol. The van der Waals surface area contributed by atoms with Crippen molar-refractivity contribution in [1.29, 1.82) is 0 Å². The molecule has 0 spiro atoms. The molecule has 1 aliphatic rings. The van der Waals surface area contributed by atoms with Crippen LogP contribution in [-0.2, 0) is 10.0 Å². The largest absolute Gasteiger partial charge is 0.341 e. The number of sulfonamides is 1. The van der Waals surface area contributed by atoms with Crippen molar-refractivity contribution >= 4 is 50.5 Å². The molecule has 1 aliphatic heterocycles. The first-order chi connectivity index (χ1) is 14.8. The third-order valence-electron chi connectivity index (χ3n) is 5.42. The third kappa shape index (κ3) is 5.23. The summed E-state index contributed by atoms with van der Waals surface area (Å²) in [6.07, 6.45) is 0. The van der Waals surface area contributed by atoms with Crippen molar-refractivity contribution < 1.29 is 18.1 Å². The molecule has 0 radical (unpaired) electrons. The Bertz CT molecular complexity index is 1160. The molecule has 1 saturated heterocycles. The fourth-order valence-electron chi connectivity index (χ4n) is 3.91. The van der Waals surface area contributed by atoms with Crippen LogP contribution in [0, 0.1) is 0 Å². The van der Waals surface area contributed by atoms with Crippen LogP contribution in [0.1, 0.15) is 11.6 Å². The van der Waals surface area contributed by atoms with Crippen LogP contribution in [-0.4, -0.2) is 33.1 Å². The summed E-state index contributed by atoms with van der Waals surface area (Å²) in [6, 6.07) is 21.6. The normalized spacial score (nSPS) is 20.0. The van der Waals surface area contributed by atoms with Crippen molar-refractivity contribution in [2.45, 2.75) is 10.9 Å². The van der Waals surface area contributed by atoms with Crippen molar-refractivity contribution in [3.63, 3.8) is 0 Å². The van der Waals surface area contributed by atoms with E-state index in [4.69, 9.17) is 34.8 Å². The molecule has 0 amide bonds. The number of quaternary nitrogens is 2. The minimum Gasteiger partial charge on any atom is -0.293 e. The molecule has 3 N–H and O–H groups in total. The highest BCUT2D eigenvalue weighted by Crippen LogP contribution is 2.26. The van der Waals surface area contributed by atoms with Crippen LogP contribution in [0.4, 0.5) is 5.69 Å². The smallest absolute Gasteiger partial charge is 0.293 e. The van der Waals surface area contributed by atoms with Crippen LogP contribution >= 0.6 is 34.8 Å². The molecule has 0 saturated carbocycles. The molecule has 9 heteroatoms. The predicted molar refractivity (Wildman–Crippen MR) is 123 cm³/mol. The molecule has 2 unspecified atom stereocenters. The number of hydrogen-bond acceptors (Lipinski definition) is 3. The van der Waals surface area contributed by atoms with Crippen LogP contribution in [0.15, 0.2) is 77.7 Å². The molecular formula is C22H22Cl3N3O2S+2. The van der Waals surface area contributed by atoms with Gasteiger partial charge in [-0.2, -0.15) is 13.2 Å². The van der Waals surface area contributed by atoms with Gasteiger partial charge in [-0.15, -0.1) is 5.01 Å². The Morgan fingerprint density at radius 1 is 0.903 bits per heavy atom. The van der Waals surface area contributed by atoms with Gasteiger partial charge in [0.25, 0.3) is 0 Å². The Balaban J connectivity index is 1.63. The SMILES string of the molecule is O=S(=O)([NH2+]N1CC[NH+](c2ccc(Cl)cc2Cl)C(c2ccc(Cl)cc2)C1)c1ccccc1. The van der Waals surface area contributed by atoms with Gasteiger partial charge in [0.1, 0.15) is 29.0 Å². The Hall–Kier alpha value is -1.64. The van der Waals surface area contributed by atoms with Gasteiger partial charge in [0.2, 0.25) is 0 Å². The van der Waals surface area contributed by atoms with Gasteiger partial charge >= 0.3 is 10.0 Å². The summed E-state index contributed by atoms with van der Waals surface area (Å²) < 4.78 is 25.7. The van der Waals surface area contributed by atoms with Crippen LogP contribution in [0.2, 0.25) is 15.1 Å². The summed E-state index contributed by atoms with van der Waals surface area (Å²) in [7, 11) is -3.54. The second-order valence-electron chi connectivity index (χ2n) is 7.46. The quantitative estimate of drug-likeness (QED) is 0.532. The molecule has 162 valence electrons. The van der Waals surface area contributed by atoms with E-state index in [0.717, 1.165) is 16.2 Å². The highest BCUT2D eigenvalue weighted by Gasteiger charge is 2.38. The number of halogens is 3. The monoisotopic (exact) mass is 497 g/mol. The number of rotatable bonds is 5. The molecule has 3 aromatic rings. The second kappa shape index (κ2) is 9.46. The number of hydrogen-bond donors (Lipinski definition) is 2. The average Bonchev–Trinajstić information content (AvgIpc) is 2.75. The van der Waals surface area contributed by atoms with Crippen LogP contribution < -0.4 is 9.73 Å². The number of piperazine rings is 1. The maximum atomic E-state index is 12.9. The van der Waals surface area contributed by atoms with Crippen molar-refractivity contribution in [2.24, 2.45) is 0 Å². The van der Waals surface area contributed by atoms with E-state index in [0.29, 0.717) is 34.7 Å². The Morgan fingerprint density at radius 3 is 2.26 bits per heavy atom. The molecule has 4 rings (SSSR count). The van der Waals surface area contributed by atoms with E-state index in [-0.39, 0.29) is 10.9 Å². The molecule has 2 atom stereocenters. The number of benzene rings is 3. The molecule has 1 fully saturated rings. The summed E-state index contributed by atoms with van der Waals surface area (Å²) in [4.78, 5) is 2.80. The van der Waals surface area contributed by atoms with Gasteiger partial charge in [0.05, 0.1) is 6.54 Å². The molecule has 1 heterocycles. The second-order valence-corrected chi connectivity index (χ2v) is 10.5. The lowest BCUT2D eigenvalue weighted by Crippen LogP contribution is -3.14. The zero-order valence-corrected chi connectivity index (χ0v) is 19.6. The van der Waals surface area contributed by atoms with Crippen LogP contribution in [0.5, 0.6) is 0 Å². The van der Waals surface area contributed by atoms with Gasteiger partial charge in [-0.3, -0.25) is 4.90 Å². The molecule has 0 aliphatic carbocycles. The lowest BCUT2D eigenvalue weighted by atomic mass is 10.0. The zero-order valence-electron chi connectivity index (χ0n) is 16.5. The van der Waals surface area contributed by atoms with Gasteiger partial charge in [0, 0.05) is 21.7 Å². The van der Waals surface area contributed by atoms with E-state index in [2.05, 4.69) is 0 Å². The number of nitrogens with one attached hydrogen (secondary N) is 1. The molecule has 3 aromatic carbocycles. The lowest BCUT2D eigenvalue weighted by Gasteiger charge is -2.36. The first kappa shape index (κ1) is 22.6. The summed E-state index contributed by atoms with van der Waals surface area (Å²) in [6.45, 7) is 1.77. The van der Waals surface area contributed by atoms with Gasteiger partial charge in [-0.1, -0.05) is 65.1 Å². The van der Waals surface area contributed by atoms with Crippen LogP contribution in [0.25, 0.3) is 0 Å². The number of primary sulfonamides is 1. The first-order valence-corrected chi connectivity index (χ1v) is 12.5. The zero-order chi connectivity index (χ0) is 22.0. The van der Waals surface area contributed by atoms with Crippen molar-refractivity contribution in [2.75, 3.05) is 19.6 Å². The highest BCUT2D eigenvalue weighted by molar-refractivity contribution is 7.84. The van der Waals surface area contributed by atoms with Gasteiger partial charge in [-0.05, 0) is 36.4 Å². The van der Waals surface area contributed by atoms with Crippen molar-refractivity contribution in [3.05, 3.63) is 93.4 Å². The fourth-order valence-corrected chi connectivity index (χ4v) is 5.81. The van der Waals surface area contributed by atoms with Crippen molar-refractivity contribution in [1.82, 2.24) is 5.01 Å². The Labute approximate surface area is 197 Å². The Kier molecular flexibility index (Phi) is 6.89. The lowest BCUT2D eigenvalue weighted by molar-refractivity contribution is -0.889. The highest BCUT2D eigenvalue weighted by atomic mass is 35.5. The topological polar surface area (TPSA) is 58.4 Å². The third-order valence-corrected chi connectivity index (χ3v) is 7.72. The maximum absolute atomic E-state index is 12.9. The van der Waals surface area contributed by atoms with E-state index in [1.54, 1.807) is 36.4 Å². The molecule has 0 aromatic heterocycles.